The second-order valence-corrected chi connectivity index (χ2v) is 3.53. The standard InChI is InChI=1S/C9H11NO3/c11-6-4-9(5-6,8(12)13)7-2-1-3-10-7/h1-3,6,10-11H,4-5H2,(H,12,13). The third-order valence-electron chi connectivity index (χ3n) is 2.69. The molecule has 4 heteroatoms. The van der Waals surface area contributed by atoms with Crippen LogP contribution in [0.3, 0.4) is 0 Å². The molecule has 0 aliphatic heterocycles. The van der Waals surface area contributed by atoms with Crippen LogP contribution in [-0.4, -0.2) is 27.3 Å². The number of carbonyl (C=O) groups is 1. The van der Waals surface area contributed by atoms with Crippen LogP contribution in [0.25, 0.3) is 0 Å². The number of carboxylic acids is 1. The summed E-state index contributed by atoms with van der Waals surface area (Å²) in [5.41, 5.74) is -0.187. The average Bonchev–Trinajstić information content (AvgIpc) is 2.49. The first-order valence-electron chi connectivity index (χ1n) is 4.20. The highest BCUT2D eigenvalue weighted by Gasteiger charge is 2.52. The van der Waals surface area contributed by atoms with E-state index < -0.39 is 17.5 Å². The van der Waals surface area contributed by atoms with E-state index in [4.69, 9.17) is 10.2 Å². The smallest absolute Gasteiger partial charge is 0.315 e. The van der Waals surface area contributed by atoms with Crippen LogP contribution in [0.2, 0.25) is 0 Å². The molecular weight excluding hydrogens is 170 g/mol. The Labute approximate surface area is 75.2 Å². The number of aliphatic hydroxyl groups is 1. The van der Waals surface area contributed by atoms with Crippen LogP contribution < -0.4 is 0 Å². The average molecular weight is 181 g/mol. The first kappa shape index (κ1) is 8.31. The highest BCUT2D eigenvalue weighted by atomic mass is 16.4. The maximum absolute atomic E-state index is 11.0. The van der Waals surface area contributed by atoms with E-state index in [1.54, 1.807) is 18.3 Å². The first-order chi connectivity index (χ1) is 6.15. The van der Waals surface area contributed by atoms with Gasteiger partial charge in [-0.25, -0.2) is 0 Å². The third kappa shape index (κ3) is 1.06. The summed E-state index contributed by atoms with van der Waals surface area (Å²) >= 11 is 0. The second kappa shape index (κ2) is 2.60. The SMILES string of the molecule is O=C(O)C1(c2ccc[nH]2)CC(O)C1. The van der Waals surface area contributed by atoms with E-state index >= 15 is 0 Å². The van der Waals surface area contributed by atoms with E-state index in [2.05, 4.69) is 4.98 Å². The van der Waals surface area contributed by atoms with Crippen molar-refractivity contribution in [3.63, 3.8) is 0 Å². The van der Waals surface area contributed by atoms with Gasteiger partial charge in [-0.05, 0) is 25.0 Å². The molecule has 1 heterocycles. The van der Waals surface area contributed by atoms with Crippen molar-refractivity contribution in [3.05, 3.63) is 24.0 Å². The van der Waals surface area contributed by atoms with Crippen LogP contribution >= 0.6 is 0 Å². The number of H-pyrrole nitrogens is 1. The molecule has 1 aliphatic rings. The zero-order valence-corrected chi connectivity index (χ0v) is 7.03. The summed E-state index contributed by atoms with van der Waals surface area (Å²) in [4.78, 5) is 13.9. The summed E-state index contributed by atoms with van der Waals surface area (Å²) in [6.45, 7) is 0. The molecule has 0 spiro atoms. The zero-order chi connectivity index (χ0) is 9.47. The minimum atomic E-state index is -0.872. The van der Waals surface area contributed by atoms with Gasteiger partial charge in [-0.15, -0.1) is 0 Å². The molecule has 1 aromatic rings. The number of hydrogen-bond acceptors (Lipinski definition) is 2. The molecule has 0 radical (unpaired) electrons. The Morgan fingerprint density at radius 2 is 2.31 bits per heavy atom. The zero-order valence-electron chi connectivity index (χ0n) is 7.03. The molecule has 13 heavy (non-hydrogen) atoms. The maximum Gasteiger partial charge on any atom is 0.315 e. The Kier molecular flexibility index (Phi) is 1.66. The van der Waals surface area contributed by atoms with Crippen molar-refractivity contribution in [3.8, 4) is 0 Å². The van der Waals surface area contributed by atoms with Crippen molar-refractivity contribution in [1.82, 2.24) is 4.98 Å². The predicted molar refractivity (Wildman–Crippen MR) is 45.3 cm³/mol. The number of aromatic nitrogens is 1. The van der Waals surface area contributed by atoms with Crippen molar-refractivity contribution in [2.75, 3.05) is 0 Å². The molecule has 0 unspecified atom stereocenters. The van der Waals surface area contributed by atoms with Crippen LogP contribution in [0.5, 0.6) is 0 Å². The Morgan fingerprint density at radius 1 is 1.62 bits per heavy atom. The minimum absolute atomic E-state index is 0.308. The summed E-state index contributed by atoms with van der Waals surface area (Å²) in [5, 5.41) is 18.2. The lowest BCUT2D eigenvalue weighted by Crippen LogP contribution is -2.50. The molecule has 1 aromatic heterocycles. The number of aliphatic carboxylic acids is 1. The fourth-order valence-electron chi connectivity index (χ4n) is 1.88. The summed E-state index contributed by atoms with van der Waals surface area (Å²) < 4.78 is 0. The van der Waals surface area contributed by atoms with E-state index in [9.17, 15) is 4.79 Å². The van der Waals surface area contributed by atoms with Crippen molar-refractivity contribution >= 4 is 5.97 Å². The van der Waals surface area contributed by atoms with Crippen molar-refractivity contribution in [1.29, 1.82) is 0 Å². The second-order valence-electron chi connectivity index (χ2n) is 3.53. The molecule has 0 aromatic carbocycles. The van der Waals surface area contributed by atoms with Gasteiger partial charge >= 0.3 is 5.97 Å². The van der Waals surface area contributed by atoms with E-state index in [1.165, 1.54) is 0 Å². The lowest BCUT2D eigenvalue weighted by molar-refractivity contribution is -0.153. The molecule has 70 valence electrons. The van der Waals surface area contributed by atoms with Crippen molar-refractivity contribution < 1.29 is 15.0 Å². The molecule has 1 aliphatic carbocycles. The molecule has 4 nitrogen and oxygen atoms in total. The van der Waals surface area contributed by atoms with Gasteiger partial charge in [0, 0.05) is 11.9 Å². The van der Waals surface area contributed by atoms with Crippen LogP contribution in [0.4, 0.5) is 0 Å². The van der Waals surface area contributed by atoms with Crippen molar-refractivity contribution in [2.24, 2.45) is 0 Å². The predicted octanol–water partition coefficient (Wildman–Crippen LogP) is 0.492. The first-order valence-corrected chi connectivity index (χ1v) is 4.20. The van der Waals surface area contributed by atoms with E-state index in [0.717, 1.165) is 0 Å². The molecular formula is C9H11NO3. The number of nitrogens with one attached hydrogen (secondary N) is 1. The molecule has 0 amide bonds. The monoisotopic (exact) mass is 181 g/mol. The van der Waals surface area contributed by atoms with Gasteiger partial charge in [0.15, 0.2) is 0 Å². The number of aromatic amines is 1. The van der Waals surface area contributed by atoms with Crippen LogP contribution in [0.15, 0.2) is 18.3 Å². The Balaban J connectivity index is 2.31. The minimum Gasteiger partial charge on any atom is -0.481 e. The summed E-state index contributed by atoms with van der Waals surface area (Å²) in [7, 11) is 0. The Bertz CT molecular complexity index is 312. The molecule has 3 N–H and O–H groups in total. The molecule has 1 fully saturated rings. The molecule has 0 saturated heterocycles. The highest BCUT2D eigenvalue weighted by molar-refractivity contribution is 5.82. The fraction of sp³-hybridized carbons (Fsp3) is 0.444. The molecule has 2 rings (SSSR count). The highest BCUT2D eigenvalue weighted by Crippen LogP contribution is 2.43. The van der Waals surface area contributed by atoms with Gasteiger partial charge < -0.3 is 15.2 Å². The van der Waals surface area contributed by atoms with Crippen LogP contribution in [0, 0.1) is 0 Å². The van der Waals surface area contributed by atoms with Crippen LogP contribution in [-0.2, 0) is 10.2 Å². The summed E-state index contributed by atoms with van der Waals surface area (Å²) in [6.07, 6.45) is 1.84. The number of rotatable bonds is 2. The number of carboxylic acid groups (broad SMARTS) is 1. The van der Waals surface area contributed by atoms with Gasteiger partial charge in [-0.3, -0.25) is 4.79 Å². The largest absolute Gasteiger partial charge is 0.481 e. The summed E-state index contributed by atoms with van der Waals surface area (Å²) in [6, 6.07) is 3.52. The van der Waals surface area contributed by atoms with Crippen LogP contribution in [0.1, 0.15) is 18.5 Å². The Morgan fingerprint density at radius 3 is 2.69 bits per heavy atom. The van der Waals surface area contributed by atoms with E-state index in [0.29, 0.717) is 18.5 Å². The van der Waals surface area contributed by atoms with Gasteiger partial charge in [0.2, 0.25) is 0 Å². The quantitative estimate of drug-likeness (QED) is 0.621. The topological polar surface area (TPSA) is 73.3 Å². The van der Waals surface area contributed by atoms with Gasteiger partial charge in [0.25, 0.3) is 0 Å². The number of aliphatic hydroxyl groups excluding tert-OH is 1. The Hall–Kier alpha value is -1.29. The third-order valence-corrected chi connectivity index (χ3v) is 2.69. The molecule has 0 atom stereocenters. The molecule has 1 saturated carbocycles. The number of hydrogen-bond donors (Lipinski definition) is 3. The van der Waals surface area contributed by atoms with E-state index in [1.807, 2.05) is 0 Å². The van der Waals surface area contributed by atoms with E-state index in [-0.39, 0.29) is 0 Å². The molecule has 0 bridgehead atoms. The van der Waals surface area contributed by atoms with Gasteiger partial charge in [0.1, 0.15) is 5.41 Å². The van der Waals surface area contributed by atoms with Gasteiger partial charge in [-0.1, -0.05) is 0 Å². The lowest BCUT2D eigenvalue weighted by atomic mass is 9.65. The normalized spacial score (nSPS) is 32.5. The van der Waals surface area contributed by atoms with Gasteiger partial charge in [-0.2, -0.15) is 0 Å². The fourth-order valence-corrected chi connectivity index (χ4v) is 1.88. The lowest BCUT2D eigenvalue weighted by Gasteiger charge is -2.40. The maximum atomic E-state index is 11.0. The summed E-state index contributed by atoms with van der Waals surface area (Å²) in [5.74, 6) is -0.861. The van der Waals surface area contributed by atoms with Crippen molar-refractivity contribution in [2.45, 2.75) is 24.4 Å². The van der Waals surface area contributed by atoms with Gasteiger partial charge in [0.05, 0.1) is 6.10 Å².